The molecule has 10 nitrogen and oxygen atoms in total. The molecule has 2 aromatic rings. The average Bonchev–Trinajstić information content (AvgIpc) is 2.86. The minimum absolute atomic E-state index is 0.301. The molecule has 0 aromatic heterocycles. The standard InChI is InChI=1S/C23H29FN6O4S2/c24-21-16-26-22(28-18-10-4-1-5-11-18)30(36(25,33)34)23(21,29-19-12-6-2-7-13-19)17-27-35(31,32)20-14-8-3-9-15-20/h1-2,4-7,10-13,16,20,27,29H,3,8-9,14-15,17H2,(H,26,28)(H2,25,33,34). The molecular formula is C23H29FN6O4S2. The van der Waals surface area contributed by atoms with Crippen LogP contribution in [0.5, 0.6) is 0 Å². The molecule has 13 heteroatoms. The van der Waals surface area contributed by atoms with Gasteiger partial charge in [0.15, 0.2) is 11.5 Å². The van der Waals surface area contributed by atoms with Crippen LogP contribution in [0.2, 0.25) is 0 Å². The van der Waals surface area contributed by atoms with Crippen LogP contribution in [0.15, 0.2) is 77.7 Å². The number of hydrogen-bond acceptors (Lipinski definition) is 7. The summed E-state index contributed by atoms with van der Waals surface area (Å²) < 4.78 is 70.9. The number of aliphatic imine (C=N–C) groups is 1. The fourth-order valence-electron chi connectivity index (χ4n) is 4.40. The van der Waals surface area contributed by atoms with Crippen molar-refractivity contribution in [3.05, 3.63) is 72.7 Å². The van der Waals surface area contributed by atoms with Gasteiger partial charge in [-0.3, -0.25) is 0 Å². The van der Waals surface area contributed by atoms with Crippen LogP contribution in [0.3, 0.4) is 0 Å². The second-order valence-corrected chi connectivity index (χ2v) is 12.1. The van der Waals surface area contributed by atoms with Gasteiger partial charge in [-0.15, -0.1) is 0 Å². The van der Waals surface area contributed by atoms with E-state index in [1.54, 1.807) is 60.7 Å². The van der Waals surface area contributed by atoms with Gasteiger partial charge in [0, 0.05) is 11.4 Å². The molecule has 0 saturated heterocycles. The monoisotopic (exact) mass is 536 g/mol. The zero-order chi connectivity index (χ0) is 25.8. The van der Waals surface area contributed by atoms with E-state index in [-0.39, 0.29) is 5.96 Å². The number of anilines is 2. The molecule has 2 aliphatic rings. The summed E-state index contributed by atoms with van der Waals surface area (Å²) in [4.78, 5) is 3.94. The van der Waals surface area contributed by atoms with Crippen LogP contribution in [0.4, 0.5) is 15.8 Å². The fraction of sp³-hybridized carbons (Fsp3) is 0.348. The van der Waals surface area contributed by atoms with Gasteiger partial charge in [0.2, 0.25) is 16.0 Å². The first-order valence-corrected chi connectivity index (χ1v) is 14.6. The van der Waals surface area contributed by atoms with E-state index in [0.29, 0.717) is 28.5 Å². The molecule has 1 atom stereocenters. The molecular weight excluding hydrogens is 507 g/mol. The Morgan fingerprint density at radius 1 is 0.944 bits per heavy atom. The number of rotatable bonds is 8. The number of nitrogens with two attached hydrogens (primary N) is 1. The number of guanidine groups is 1. The van der Waals surface area contributed by atoms with E-state index in [4.69, 9.17) is 5.14 Å². The topological polar surface area (TPSA) is 146 Å². The smallest absolute Gasteiger partial charge is 0.303 e. The first kappa shape index (κ1) is 26.1. The summed E-state index contributed by atoms with van der Waals surface area (Å²) in [5.74, 6) is -1.34. The van der Waals surface area contributed by atoms with Gasteiger partial charge < -0.3 is 10.6 Å². The third kappa shape index (κ3) is 5.69. The Kier molecular flexibility index (Phi) is 7.64. The Morgan fingerprint density at radius 3 is 2.11 bits per heavy atom. The second kappa shape index (κ2) is 10.5. The Bertz CT molecular complexity index is 1330. The van der Waals surface area contributed by atoms with Crippen LogP contribution in [0, 0.1) is 0 Å². The van der Waals surface area contributed by atoms with Crippen molar-refractivity contribution in [3.8, 4) is 0 Å². The van der Waals surface area contributed by atoms with Crippen molar-refractivity contribution in [1.29, 1.82) is 0 Å². The molecule has 1 aliphatic carbocycles. The molecule has 0 radical (unpaired) electrons. The van der Waals surface area contributed by atoms with Gasteiger partial charge in [-0.2, -0.15) is 12.7 Å². The van der Waals surface area contributed by atoms with Crippen LogP contribution < -0.4 is 20.5 Å². The van der Waals surface area contributed by atoms with E-state index in [0.717, 1.165) is 25.5 Å². The lowest BCUT2D eigenvalue weighted by Crippen LogP contribution is -2.68. The molecule has 1 unspecified atom stereocenters. The minimum Gasteiger partial charge on any atom is -0.355 e. The maximum atomic E-state index is 15.8. The molecule has 1 saturated carbocycles. The fourth-order valence-corrected chi connectivity index (χ4v) is 6.96. The lowest BCUT2D eigenvalue weighted by molar-refractivity contribution is 0.288. The lowest BCUT2D eigenvalue weighted by atomic mass is 10.0. The SMILES string of the molecule is NS(=O)(=O)N1C(Nc2ccccc2)=NC=C(F)C1(CNS(=O)(=O)C1CCCCC1)Nc1ccccc1. The van der Waals surface area contributed by atoms with Gasteiger partial charge in [0.1, 0.15) is 0 Å². The molecule has 5 N–H and O–H groups in total. The average molecular weight is 537 g/mol. The van der Waals surface area contributed by atoms with Crippen LogP contribution in [0.1, 0.15) is 32.1 Å². The summed E-state index contributed by atoms with van der Waals surface area (Å²) in [7, 11) is -8.57. The third-order valence-electron chi connectivity index (χ3n) is 6.16. The number of para-hydroxylation sites is 2. The van der Waals surface area contributed by atoms with Crippen molar-refractivity contribution in [2.24, 2.45) is 10.1 Å². The molecule has 0 amide bonds. The van der Waals surface area contributed by atoms with Crippen LogP contribution >= 0.6 is 0 Å². The zero-order valence-corrected chi connectivity index (χ0v) is 21.1. The number of sulfonamides is 1. The predicted molar refractivity (Wildman–Crippen MR) is 138 cm³/mol. The van der Waals surface area contributed by atoms with Crippen molar-refractivity contribution in [3.63, 3.8) is 0 Å². The lowest BCUT2D eigenvalue weighted by Gasteiger charge is -2.44. The zero-order valence-electron chi connectivity index (χ0n) is 19.5. The number of nitrogens with one attached hydrogen (secondary N) is 3. The predicted octanol–water partition coefficient (Wildman–Crippen LogP) is 2.85. The third-order valence-corrected chi connectivity index (χ3v) is 9.05. The summed E-state index contributed by atoms with van der Waals surface area (Å²) in [6, 6.07) is 16.8. The summed E-state index contributed by atoms with van der Waals surface area (Å²) in [6.07, 6.45) is 4.30. The van der Waals surface area contributed by atoms with Crippen LogP contribution in [-0.4, -0.2) is 44.6 Å². The molecule has 4 rings (SSSR count). The van der Waals surface area contributed by atoms with Crippen LogP contribution in [0.25, 0.3) is 0 Å². The number of benzene rings is 2. The highest BCUT2D eigenvalue weighted by Gasteiger charge is 2.51. The van der Waals surface area contributed by atoms with Gasteiger partial charge in [-0.05, 0) is 37.1 Å². The van der Waals surface area contributed by atoms with Gasteiger partial charge in [-0.25, -0.2) is 27.7 Å². The van der Waals surface area contributed by atoms with Crippen molar-refractivity contribution in [2.45, 2.75) is 43.0 Å². The Morgan fingerprint density at radius 2 is 1.53 bits per heavy atom. The van der Waals surface area contributed by atoms with Gasteiger partial charge in [0.25, 0.3) is 0 Å². The van der Waals surface area contributed by atoms with E-state index < -0.39 is 43.5 Å². The van der Waals surface area contributed by atoms with Crippen LogP contribution in [-0.2, 0) is 20.2 Å². The quantitative estimate of drug-likeness (QED) is 0.408. The molecule has 0 bridgehead atoms. The van der Waals surface area contributed by atoms with E-state index in [9.17, 15) is 16.8 Å². The molecule has 1 fully saturated rings. The van der Waals surface area contributed by atoms with Gasteiger partial charge in [0.05, 0.1) is 18.0 Å². The van der Waals surface area contributed by atoms with Crippen molar-refractivity contribution >= 4 is 37.6 Å². The highest BCUT2D eigenvalue weighted by molar-refractivity contribution is 7.90. The van der Waals surface area contributed by atoms with Gasteiger partial charge >= 0.3 is 10.2 Å². The van der Waals surface area contributed by atoms with E-state index >= 15 is 4.39 Å². The number of hydrogen-bond donors (Lipinski definition) is 4. The Balaban J connectivity index is 1.77. The summed E-state index contributed by atoms with van der Waals surface area (Å²) in [5, 5.41) is 10.7. The van der Waals surface area contributed by atoms with Crippen molar-refractivity contribution < 1.29 is 21.2 Å². The van der Waals surface area contributed by atoms with Crippen molar-refractivity contribution in [1.82, 2.24) is 9.03 Å². The van der Waals surface area contributed by atoms with E-state index in [1.807, 2.05) is 0 Å². The minimum atomic E-state index is -4.69. The van der Waals surface area contributed by atoms with E-state index in [2.05, 4.69) is 20.3 Å². The molecule has 36 heavy (non-hydrogen) atoms. The largest absolute Gasteiger partial charge is 0.355 e. The highest BCUT2D eigenvalue weighted by atomic mass is 32.2. The number of halogens is 1. The molecule has 194 valence electrons. The highest BCUT2D eigenvalue weighted by Crippen LogP contribution is 2.34. The summed E-state index contributed by atoms with van der Waals surface area (Å²) >= 11 is 0. The maximum absolute atomic E-state index is 15.8. The maximum Gasteiger partial charge on any atom is 0.303 e. The Labute approximate surface area is 210 Å². The second-order valence-electron chi connectivity index (χ2n) is 8.71. The number of nitrogens with zero attached hydrogens (tertiary/aromatic N) is 2. The molecule has 2 aromatic carbocycles. The summed E-state index contributed by atoms with van der Waals surface area (Å²) in [5.41, 5.74) is -1.46. The van der Waals surface area contributed by atoms with E-state index in [1.165, 1.54) is 0 Å². The van der Waals surface area contributed by atoms with Crippen molar-refractivity contribution in [2.75, 3.05) is 17.2 Å². The molecule has 1 aliphatic heterocycles. The normalized spacial score (nSPS) is 21.4. The molecule has 1 heterocycles. The first-order valence-electron chi connectivity index (χ1n) is 11.5. The first-order chi connectivity index (χ1) is 17.1. The van der Waals surface area contributed by atoms with Gasteiger partial charge in [-0.1, -0.05) is 55.7 Å². The molecule has 0 spiro atoms. The Hall–Kier alpha value is -3.00. The summed E-state index contributed by atoms with van der Waals surface area (Å²) in [6.45, 7) is -0.672.